The second-order valence-corrected chi connectivity index (χ2v) is 6.58. The lowest BCUT2D eigenvalue weighted by molar-refractivity contribution is -0.126. The first-order valence-corrected chi connectivity index (χ1v) is 7.49. The predicted octanol–water partition coefficient (Wildman–Crippen LogP) is 2.84. The topological polar surface area (TPSA) is 55.1 Å². The van der Waals surface area contributed by atoms with Crippen molar-refractivity contribution in [3.63, 3.8) is 0 Å². The second-order valence-electron chi connectivity index (χ2n) is 6.58. The number of amides is 1. The van der Waals surface area contributed by atoms with Gasteiger partial charge in [-0.2, -0.15) is 0 Å². The van der Waals surface area contributed by atoms with Crippen molar-refractivity contribution in [3.05, 3.63) is 0 Å². The Bertz CT molecular complexity index is 252. The van der Waals surface area contributed by atoms with Gasteiger partial charge in [-0.1, -0.05) is 39.0 Å². The van der Waals surface area contributed by atoms with Crippen molar-refractivity contribution in [2.75, 3.05) is 6.54 Å². The normalized spacial score (nSPS) is 18.9. The van der Waals surface area contributed by atoms with Crippen LogP contribution in [0.15, 0.2) is 0 Å². The Kier molecular flexibility index (Phi) is 6.13. The van der Waals surface area contributed by atoms with Crippen LogP contribution < -0.4 is 11.1 Å². The van der Waals surface area contributed by atoms with Crippen LogP contribution in [-0.2, 0) is 4.79 Å². The van der Waals surface area contributed by atoms with Gasteiger partial charge in [0.05, 0.1) is 0 Å². The summed E-state index contributed by atoms with van der Waals surface area (Å²) in [6.07, 6.45) is 8.49. The molecule has 1 fully saturated rings. The lowest BCUT2D eigenvalue weighted by Gasteiger charge is -2.23. The zero-order valence-corrected chi connectivity index (χ0v) is 12.3. The predicted molar refractivity (Wildman–Crippen MR) is 76.2 cm³/mol. The SMILES string of the molecule is CCCC(CC1CCCC1)C(=O)NCC(C)(C)N. The number of hydrogen-bond acceptors (Lipinski definition) is 2. The minimum absolute atomic E-state index is 0.195. The average Bonchev–Trinajstić information content (AvgIpc) is 2.77. The van der Waals surface area contributed by atoms with Crippen molar-refractivity contribution in [2.45, 2.75) is 71.3 Å². The quantitative estimate of drug-likeness (QED) is 0.734. The monoisotopic (exact) mass is 254 g/mol. The van der Waals surface area contributed by atoms with Gasteiger partial charge in [0.1, 0.15) is 0 Å². The van der Waals surface area contributed by atoms with E-state index in [1.54, 1.807) is 0 Å². The lowest BCUT2D eigenvalue weighted by Crippen LogP contribution is -2.46. The molecular formula is C15H30N2O. The first-order valence-electron chi connectivity index (χ1n) is 7.49. The van der Waals surface area contributed by atoms with E-state index in [1.165, 1.54) is 25.7 Å². The molecule has 1 atom stereocenters. The fourth-order valence-corrected chi connectivity index (χ4v) is 2.81. The Balaban J connectivity index is 2.41. The van der Waals surface area contributed by atoms with Crippen LogP contribution in [0.2, 0.25) is 0 Å². The maximum atomic E-state index is 12.2. The highest BCUT2D eigenvalue weighted by Gasteiger charge is 2.25. The fourth-order valence-electron chi connectivity index (χ4n) is 2.81. The number of rotatable bonds is 7. The third kappa shape index (κ3) is 5.85. The van der Waals surface area contributed by atoms with Gasteiger partial charge in [-0.25, -0.2) is 0 Å². The van der Waals surface area contributed by atoms with Gasteiger partial charge in [-0.05, 0) is 32.6 Å². The molecule has 0 aromatic heterocycles. The van der Waals surface area contributed by atoms with Gasteiger partial charge >= 0.3 is 0 Å². The van der Waals surface area contributed by atoms with Crippen LogP contribution in [0.1, 0.15) is 65.7 Å². The summed E-state index contributed by atoms with van der Waals surface area (Å²) in [6.45, 7) is 6.61. The zero-order valence-electron chi connectivity index (χ0n) is 12.3. The summed E-state index contributed by atoms with van der Waals surface area (Å²) >= 11 is 0. The largest absolute Gasteiger partial charge is 0.354 e. The molecule has 1 aliphatic rings. The van der Waals surface area contributed by atoms with Crippen LogP contribution in [0, 0.1) is 11.8 Å². The average molecular weight is 254 g/mol. The van der Waals surface area contributed by atoms with E-state index in [-0.39, 0.29) is 17.4 Å². The van der Waals surface area contributed by atoms with Gasteiger partial charge < -0.3 is 11.1 Å². The smallest absolute Gasteiger partial charge is 0.223 e. The molecular weight excluding hydrogens is 224 g/mol. The molecule has 0 radical (unpaired) electrons. The first kappa shape index (κ1) is 15.5. The molecule has 1 unspecified atom stereocenters. The molecule has 18 heavy (non-hydrogen) atoms. The number of nitrogens with one attached hydrogen (secondary N) is 1. The molecule has 0 spiro atoms. The van der Waals surface area contributed by atoms with Crippen LogP contribution >= 0.6 is 0 Å². The molecule has 1 aliphatic carbocycles. The molecule has 1 amide bonds. The number of carbonyl (C=O) groups excluding carboxylic acids is 1. The Morgan fingerprint density at radius 1 is 1.39 bits per heavy atom. The lowest BCUT2D eigenvalue weighted by atomic mass is 9.89. The maximum absolute atomic E-state index is 12.2. The summed E-state index contributed by atoms with van der Waals surface area (Å²) in [5.41, 5.74) is 5.59. The van der Waals surface area contributed by atoms with Crippen LogP contribution in [0.25, 0.3) is 0 Å². The Morgan fingerprint density at radius 3 is 2.50 bits per heavy atom. The standard InChI is InChI=1S/C15H30N2O/c1-4-7-13(10-12-8-5-6-9-12)14(18)17-11-15(2,3)16/h12-13H,4-11,16H2,1-3H3,(H,17,18). The second kappa shape index (κ2) is 7.13. The molecule has 1 saturated carbocycles. The van der Waals surface area contributed by atoms with E-state index in [0.29, 0.717) is 6.54 Å². The van der Waals surface area contributed by atoms with Crippen LogP contribution in [0.5, 0.6) is 0 Å². The van der Waals surface area contributed by atoms with Crippen molar-refractivity contribution in [2.24, 2.45) is 17.6 Å². The van der Waals surface area contributed by atoms with E-state index < -0.39 is 0 Å². The van der Waals surface area contributed by atoms with Crippen LogP contribution in [0.4, 0.5) is 0 Å². The number of carbonyl (C=O) groups is 1. The Labute approximate surface area is 112 Å². The van der Waals surface area contributed by atoms with Crippen molar-refractivity contribution in [3.8, 4) is 0 Å². The van der Waals surface area contributed by atoms with E-state index in [0.717, 1.165) is 25.2 Å². The molecule has 0 bridgehead atoms. The highest BCUT2D eigenvalue weighted by molar-refractivity contribution is 5.78. The highest BCUT2D eigenvalue weighted by Crippen LogP contribution is 2.31. The summed E-state index contributed by atoms with van der Waals surface area (Å²) in [6, 6.07) is 0. The summed E-state index contributed by atoms with van der Waals surface area (Å²) in [4.78, 5) is 12.2. The third-order valence-electron chi connectivity index (χ3n) is 3.82. The van der Waals surface area contributed by atoms with E-state index in [4.69, 9.17) is 5.73 Å². The maximum Gasteiger partial charge on any atom is 0.223 e. The first-order chi connectivity index (χ1) is 8.42. The zero-order chi connectivity index (χ0) is 13.6. The van der Waals surface area contributed by atoms with E-state index in [9.17, 15) is 4.79 Å². The Morgan fingerprint density at radius 2 is 2.00 bits per heavy atom. The molecule has 106 valence electrons. The molecule has 3 heteroatoms. The van der Waals surface area contributed by atoms with Crippen LogP contribution in [0.3, 0.4) is 0 Å². The minimum atomic E-state index is -0.320. The van der Waals surface area contributed by atoms with E-state index in [1.807, 2.05) is 13.8 Å². The summed E-state index contributed by atoms with van der Waals surface area (Å²) in [5.74, 6) is 1.18. The van der Waals surface area contributed by atoms with Gasteiger partial charge in [0, 0.05) is 18.0 Å². The minimum Gasteiger partial charge on any atom is -0.354 e. The molecule has 3 N–H and O–H groups in total. The van der Waals surface area contributed by atoms with Crippen molar-refractivity contribution < 1.29 is 4.79 Å². The van der Waals surface area contributed by atoms with E-state index >= 15 is 0 Å². The number of hydrogen-bond donors (Lipinski definition) is 2. The van der Waals surface area contributed by atoms with E-state index in [2.05, 4.69) is 12.2 Å². The van der Waals surface area contributed by atoms with Gasteiger partial charge in [0.15, 0.2) is 0 Å². The number of nitrogens with two attached hydrogens (primary N) is 1. The van der Waals surface area contributed by atoms with Crippen molar-refractivity contribution >= 4 is 5.91 Å². The van der Waals surface area contributed by atoms with Gasteiger partial charge in [0.2, 0.25) is 5.91 Å². The molecule has 3 nitrogen and oxygen atoms in total. The third-order valence-corrected chi connectivity index (χ3v) is 3.82. The van der Waals surface area contributed by atoms with Crippen LogP contribution in [-0.4, -0.2) is 18.0 Å². The summed E-state index contributed by atoms with van der Waals surface area (Å²) in [7, 11) is 0. The highest BCUT2D eigenvalue weighted by atomic mass is 16.1. The van der Waals surface area contributed by atoms with Gasteiger partial charge in [-0.15, -0.1) is 0 Å². The molecule has 0 aromatic carbocycles. The molecule has 0 aliphatic heterocycles. The Hall–Kier alpha value is -0.570. The molecule has 0 aromatic rings. The summed E-state index contributed by atoms with van der Waals surface area (Å²) in [5, 5.41) is 3.02. The summed E-state index contributed by atoms with van der Waals surface area (Å²) < 4.78 is 0. The fraction of sp³-hybridized carbons (Fsp3) is 0.933. The molecule has 0 heterocycles. The van der Waals surface area contributed by atoms with Crippen molar-refractivity contribution in [1.29, 1.82) is 0 Å². The molecule has 1 rings (SSSR count). The van der Waals surface area contributed by atoms with Crippen molar-refractivity contribution in [1.82, 2.24) is 5.32 Å². The van der Waals surface area contributed by atoms with Gasteiger partial charge in [0.25, 0.3) is 0 Å². The molecule has 0 saturated heterocycles. The van der Waals surface area contributed by atoms with Gasteiger partial charge in [-0.3, -0.25) is 4.79 Å².